The molecule has 19 heavy (non-hydrogen) atoms. The predicted molar refractivity (Wildman–Crippen MR) is 73.8 cm³/mol. The molecule has 3 rings (SSSR count). The Hall–Kier alpha value is -0.910. The summed E-state index contributed by atoms with van der Waals surface area (Å²) in [7, 11) is 0. The number of aromatic nitrogens is 2. The lowest BCUT2D eigenvalue weighted by atomic mass is 9.98. The standard InChI is InChI=1S/C14H24N4O/c1-2-16-14(11-19)4-3-12(9-14)18-8-7-17-6-5-15-13(17)10-18/h5-6,12,16,19H,2-4,7-11H2,1H3. The number of hydrogen-bond donors (Lipinski definition) is 2. The van der Waals surface area contributed by atoms with E-state index in [1.165, 1.54) is 12.2 Å². The highest BCUT2D eigenvalue weighted by molar-refractivity contribution is 5.02. The van der Waals surface area contributed by atoms with Gasteiger partial charge >= 0.3 is 0 Å². The van der Waals surface area contributed by atoms with Gasteiger partial charge in [0.2, 0.25) is 0 Å². The van der Waals surface area contributed by atoms with Crippen LogP contribution in [0.4, 0.5) is 0 Å². The molecule has 0 saturated heterocycles. The lowest BCUT2D eigenvalue weighted by Crippen LogP contribution is -2.48. The summed E-state index contributed by atoms with van der Waals surface area (Å²) < 4.78 is 2.25. The number of hydrogen-bond acceptors (Lipinski definition) is 4. The maximum Gasteiger partial charge on any atom is 0.122 e. The average molecular weight is 264 g/mol. The van der Waals surface area contributed by atoms with Gasteiger partial charge in [0.05, 0.1) is 13.2 Å². The molecule has 0 radical (unpaired) electrons. The molecule has 0 aromatic carbocycles. The number of nitrogens with one attached hydrogen (secondary N) is 1. The lowest BCUT2D eigenvalue weighted by molar-refractivity contribution is 0.126. The minimum atomic E-state index is -0.0493. The van der Waals surface area contributed by atoms with Crippen LogP contribution in [0.1, 0.15) is 32.0 Å². The molecule has 1 aliphatic heterocycles. The number of fused-ring (bicyclic) bond motifs is 1. The third kappa shape index (κ3) is 2.42. The van der Waals surface area contributed by atoms with Crippen molar-refractivity contribution in [2.75, 3.05) is 19.7 Å². The molecule has 2 aliphatic rings. The van der Waals surface area contributed by atoms with Gasteiger partial charge in [-0.2, -0.15) is 0 Å². The molecule has 2 N–H and O–H groups in total. The van der Waals surface area contributed by atoms with E-state index in [4.69, 9.17) is 0 Å². The van der Waals surface area contributed by atoms with E-state index in [0.717, 1.165) is 39.0 Å². The molecular weight excluding hydrogens is 240 g/mol. The van der Waals surface area contributed by atoms with E-state index in [1.807, 2.05) is 6.20 Å². The molecule has 1 aromatic heterocycles. The molecule has 0 amide bonds. The summed E-state index contributed by atoms with van der Waals surface area (Å²) in [4.78, 5) is 6.97. The Bertz CT molecular complexity index is 433. The number of aliphatic hydroxyl groups is 1. The summed E-state index contributed by atoms with van der Waals surface area (Å²) in [6.07, 6.45) is 7.27. The van der Waals surface area contributed by atoms with Gasteiger partial charge in [0, 0.05) is 37.1 Å². The first kappa shape index (κ1) is 13.1. The van der Waals surface area contributed by atoms with Crippen molar-refractivity contribution in [1.29, 1.82) is 0 Å². The summed E-state index contributed by atoms with van der Waals surface area (Å²) >= 11 is 0. The van der Waals surface area contributed by atoms with Crippen molar-refractivity contribution in [2.24, 2.45) is 0 Å². The zero-order valence-electron chi connectivity index (χ0n) is 11.7. The second-order valence-electron chi connectivity index (χ2n) is 5.87. The molecule has 5 heteroatoms. The Morgan fingerprint density at radius 1 is 1.53 bits per heavy atom. The molecule has 0 spiro atoms. The van der Waals surface area contributed by atoms with E-state index in [1.54, 1.807) is 0 Å². The second-order valence-corrected chi connectivity index (χ2v) is 5.87. The minimum absolute atomic E-state index is 0.0493. The van der Waals surface area contributed by atoms with Crippen LogP contribution in [0.5, 0.6) is 0 Å². The molecule has 2 unspecified atom stereocenters. The van der Waals surface area contributed by atoms with Gasteiger partial charge in [0.25, 0.3) is 0 Å². The fourth-order valence-corrected chi connectivity index (χ4v) is 3.65. The molecule has 1 aromatic rings. The Labute approximate surface area is 114 Å². The molecule has 1 fully saturated rings. The molecular formula is C14H24N4O. The topological polar surface area (TPSA) is 53.3 Å². The number of nitrogens with zero attached hydrogens (tertiary/aromatic N) is 3. The maximum absolute atomic E-state index is 9.69. The van der Waals surface area contributed by atoms with E-state index < -0.39 is 0 Å². The van der Waals surface area contributed by atoms with Crippen LogP contribution in [0.15, 0.2) is 12.4 Å². The zero-order valence-corrected chi connectivity index (χ0v) is 11.7. The number of imidazole rings is 1. The Kier molecular flexibility index (Phi) is 3.60. The summed E-state index contributed by atoms with van der Waals surface area (Å²) in [6.45, 7) is 6.38. The Morgan fingerprint density at radius 3 is 3.21 bits per heavy atom. The fourth-order valence-electron chi connectivity index (χ4n) is 3.65. The molecule has 5 nitrogen and oxygen atoms in total. The Balaban J connectivity index is 1.66. The van der Waals surface area contributed by atoms with Crippen molar-refractivity contribution in [3.05, 3.63) is 18.2 Å². The SMILES string of the molecule is CCNC1(CO)CCC(N2CCn3ccnc3C2)C1. The highest BCUT2D eigenvalue weighted by Crippen LogP contribution is 2.34. The van der Waals surface area contributed by atoms with Crippen molar-refractivity contribution >= 4 is 0 Å². The van der Waals surface area contributed by atoms with Crippen molar-refractivity contribution in [3.63, 3.8) is 0 Å². The molecule has 1 aliphatic carbocycles. The van der Waals surface area contributed by atoms with Crippen LogP contribution in [0, 0.1) is 0 Å². The molecule has 106 valence electrons. The highest BCUT2D eigenvalue weighted by Gasteiger charge is 2.40. The first-order valence-corrected chi connectivity index (χ1v) is 7.36. The summed E-state index contributed by atoms with van der Waals surface area (Å²) in [6, 6.07) is 0.580. The fraction of sp³-hybridized carbons (Fsp3) is 0.786. The van der Waals surface area contributed by atoms with Crippen molar-refractivity contribution in [2.45, 2.75) is 50.9 Å². The average Bonchev–Trinajstić information content (AvgIpc) is 3.05. The van der Waals surface area contributed by atoms with E-state index >= 15 is 0 Å². The number of rotatable bonds is 4. The molecule has 2 heterocycles. The van der Waals surface area contributed by atoms with Gasteiger partial charge in [0.15, 0.2) is 0 Å². The van der Waals surface area contributed by atoms with E-state index in [2.05, 4.69) is 32.9 Å². The minimum Gasteiger partial charge on any atom is -0.394 e. The second kappa shape index (κ2) is 5.23. The van der Waals surface area contributed by atoms with Crippen LogP contribution >= 0.6 is 0 Å². The molecule has 1 saturated carbocycles. The highest BCUT2D eigenvalue weighted by atomic mass is 16.3. The first-order chi connectivity index (χ1) is 9.26. The third-order valence-electron chi connectivity index (χ3n) is 4.73. The monoisotopic (exact) mass is 264 g/mol. The Morgan fingerprint density at radius 2 is 2.42 bits per heavy atom. The maximum atomic E-state index is 9.69. The van der Waals surface area contributed by atoms with Gasteiger partial charge in [0.1, 0.15) is 5.82 Å². The van der Waals surface area contributed by atoms with Gasteiger partial charge in [-0.1, -0.05) is 6.92 Å². The van der Waals surface area contributed by atoms with Gasteiger partial charge in [-0.15, -0.1) is 0 Å². The summed E-state index contributed by atoms with van der Waals surface area (Å²) in [5, 5.41) is 13.2. The van der Waals surface area contributed by atoms with Gasteiger partial charge < -0.3 is 15.0 Å². The zero-order chi connectivity index (χ0) is 13.3. The van der Waals surface area contributed by atoms with Crippen LogP contribution in [0.2, 0.25) is 0 Å². The van der Waals surface area contributed by atoms with E-state index in [-0.39, 0.29) is 12.1 Å². The van der Waals surface area contributed by atoms with Crippen LogP contribution in [-0.4, -0.2) is 50.8 Å². The lowest BCUT2D eigenvalue weighted by Gasteiger charge is -2.34. The van der Waals surface area contributed by atoms with Crippen LogP contribution in [-0.2, 0) is 13.1 Å². The third-order valence-corrected chi connectivity index (χ3v) is 4.73. The van der Waals surface area contributed by atoms with Gasteiger partial charge in [-0.25, -0.2) is 4.98 Å². The number of likely N-dealkylation sites (N-methyl/N-ethyl adjacent to an activating group) is 1. The first-order valence-electron chi connectivity index (χ1n) is 7.36. The van der Waals surface area contributed by atoms with Crippen LogP contribution < -0.4 is 5.32 Å². The number of aliphatic hydroxyl groups excluding tert-OH is 1. The van der Waals surface area contributed by atoms with Crippen molar-refractivity contribution in [1.82, 2.24) is 19.8 Å². The quantitative estimate of drug-likeness (QED) is 0.836. The van der Waals surface area contributed by atoms with Crippen molar-refractivity contribution in [3.8, 4) is 0 Å². The predicted octanol–water partition coefficient (Wildman–Crippen LogP) is 0.592. The smallest absolute Gasteiger partial charge is 0.122 e. The largest absolute Gasteiger partial charge is 0.394 e. The van der Waals surface area contributed by atoms with Crippen molar-refractivity contribution < 1.29 is 5.11 Å². The molecule has 2 atom stereocenters. The summed E-state index contributed by atoms with van der Waals surface area (Å²) in [5.41, 5.74) is -0.0493. The van der Waals surface area contributed by atoms with E-state index in [0.29, 0.717) is 6.04 Å². The normalized spacial score (nSPS) is 31.6. The van der Waals surface area contributed by atoms with Gasteiger partial charge in [-0.05, 0) is 25.8 Å². The van der Waals surface area contributed by atoms with Crippen LogP contribution in [0.25, 0.3) is 0 Å². The van der Waals surface area contributed by atoms with E-state index in [9.17, 15) is 5.11 Å². The summed E-state index contributed by atoms with van der Waals surface area (Å²) in [5.74, 6) is 1.18. The molecule has 0 bridgehead atoms. The van der Waals surface area contributed by atoms with Crippen LogP contribution in [0.3, 0.4) is 0 Å². The van der Waals surface area contributed by atoms with Gasteiger partial charge in [-0.3, -0.25) is 4.90 Å².